The van der Waals surface area contributed by atoms with Gasteiger partial charge in [0.15, 0.2) is 12.0 Å². The number of hydrogen-bond acceptors (Lipinski definition) is 16. The molecular formula is C26H28O16. The van der Waals surface area contributed by atoms with Crippen LogP contribution >= 0.6 is 0 Å². The lowest BCUT2D eigenvalue weighted by Crippen LogP contribution is -2.60. The average molecular weight is 596 g/mol. The second-order valence-electron chi connectivity index (χ2n) is 9.38. The molecule has 0 saturated carbocycles. The maximum absolute atomic E-state index is 13.5. The molecule has 10 N–H and O–H groups in total. The van der Waals surface area contributed by atoms with Crippen molar-refractivity contribution in [2.24, 2.45) is 0 Å². The first kappa shape index (κ1) is 31.1. The number of aliphatic hydroxyl groups is 8. The van der Waals surface area contributed by atoms with E-state index in [1.165, 1.54) is 24.3 Å². The number of rotatable bonds is 10. The summed E-state index contributed by atoms with van der Waals surface area (Å²) in [5.74, 6) is -2.40. The Balaban J connectivity index is 1.78. The van der Waals surface area contributed by atoms with Gasteiger partial charge in [0.1, 0.15) is 70.9 Å². The second-order valence-corrected chi connectivity index (χ2v) is 9.38. The smallest absolute Gasteiger partial charge is 0.239 e. The molecule has 9 unspecified atom stereocenters. The first-order chi connectivity index (χ1) is 19.9. The van der Waals surface area contributed by atoms with Gasteiger partial charge in [0.25, 0.3) is 0 Å². The molecular weight excluding hydrogens is 568 g/mol. The van der Waals surface area contributed by atoms with Crippen LogP contribution < -0.4 is 14.9 Å². The van der Waals surface area contributed by atoms with Crippen LogP contribution in [0.4, 0.5) is 0 Å². The molecule has 0 spiro atoms. The van der Waals surface area contributed by atoms with E-state index in [9.17, 15) is 60.7 Å². The van der Waals surface area contributed by atoms with Crippen LogP contribution in [0.5, 0.6) is 23.0 Å². The van der Waals surface area contributed by atoms with Gasteiger partial charge in [0.05, 0.1) is 6.61 Å². The van der Waals surface area contributed by atoms with Crippen LogP contribution in [0.15, 0.2) is 45.6 Å². The zero-order valence-electron chi connectivity index (χ0n) is 21.4. The van der Waals surface area contributed by atoms with Gasteiger partial charge in [-0.2, -0.15) is 0 Å². The van der Waals surface area contributed by atoms with E-state index in [1.54, 1.807) is 0 Å². The number of aliphatic hydroxyl groups excluding tert-OH is 8. The standard InChI is InChI=1S/C26H28O16/c27-7-13(31)17(32)21(36)25(38)42-24-19(34)16-12(30)5-11(39-26-22(37)20(35)18(33)15(8-28)41-26)6-14(16)40-23(24)9-1-3-10(29)4-2-9/h1-7,13,15,17-18,20-22,25-26,28-33,35-38H,8H2. The van der Waals surface area contributed by atoms with Gasteiger partial charge in [0.2, 0.25) is 23.8 Å². The third-order valence-electron chi connectivity index (χ3n) is 6.51. The molecule has 1 saturated heterocycles. The van der Waals surface area contributed by atoms with Crippen LogP contribution in [0, 0.1) is 0 Å². The molecule has 16 heteroatoms. The van der Waals surface area contributed by atoms with Gasteiger partial charge in [-0.1, -0.05) is 0 Å². The molecule has 16 nitrogen and oxygen atoms in total. The Hall–Kier alpha value is -3.84. The van der Waals surface area contributed by atoms with Crippen LogP contribution in [0.3, 0.4) is 0 Å². The quantitative estimate of drug-likeness (QED) is 0.0826. The Morgan fingerprint density at radius 3 is 2.21 bits per heavy atom. The van der Waals surface area contributed by atoms with E-state index in [0.717, 1.165) is 12.1 Å². The highest BCUT2D eigenvalue weighted by Gasteiger charge is 2.45. The van der Waals surface area contributed by atoms with Crippen molar-refractivity contribution in [1.29, 1.82) is 0 Å². The zero-order chi connectivity index (χ0) is 30.9. The average Bonchev–Trinajstić information content (AvgIpc) is 2.97. The molecule has 1 aromatic heterocycles. The lowest BCUT2D eigenvalue weighted by molar-refractivity contribution is -0.277. The number of fused-ring (bicyclic) bond motifs is 1. The van der Waals surface area contributed by atoms with Crippen molar-refractivity contribution in [3.63, 3.8) is 0 Å². The summed E-state index contributed by atoms with van der Waals surface area (Å²) in [6, 6.07) is 6.99. The van der Waals surface area contributed by atoms with Crippen molar-refractivity contribution >= 4 is 17.3 Å². The highest BCUT2D eigenvalue weighted by molar-refractivity contribution is 5.88. The predicted octanol–water partition coefficient (Wildman–Crippen LogP) is -2.97. The summed E-state index contributed by atoms with van der Waals surface area (Å²) in [7, 11) is 0. The van der Waals surface area contributed by atoms with E-state index in [0.29, 0.717) is 0 Å². The third-order valence-corrected chi connectivity index (χ3v) is 6.51. The van der Waals surface area contributed by atoms with Crippen LogP contribution in [0.2, 0.25) is 0 Å². The van der Waals surface area contributed by atoms with Gasteiger partial charge < -0.3 is 74.5 Å². The van der Waals surface area contributed by atoms with Gasteiger partial charge in [-0.15, -0.1) is 0 Å². The Bertz CT molecular complexity index is 1450. The number of hydrogen-bond donors (Lipinski definition) is 10. The number of benzene rings is 2. The fraction of sp³-hybridized carbons (Fsp3) is 0.385. The second kappa shape index (κ2) is 12.6. The summed E-state index contributed by atoms with van der Waals surface area (Å²) >= 11 is 0. The first-order valence-corrected chi connectivity index (χ1v) is 12.3. The van der Waals surface area contributed by atoms with Crippen molar-refractivity contribution in [1.82, 2.24) is 0 Å². The minimum Gasteiger partial charge on any atom is -0.508 e. The lowest BCUT2D eigenvalue weighted by Gasteiger charge is -2.39. The van der Waals surface area contributed by atoms with E-state index in [-0.39, 0.29) is 28.9 Å². The molecule has 42 heavy (non-hydrogen) atoms. The van der Waals surface area contributed by atoms with Gasteiger partial charge in [-0.3, -0.25) is 4.79 Å². The summed E-state index contributed by atoms with van der Waals surface area (Å²) in [6.45, 7) is -0.729. The maximum Gasteiger partial charge on any atom is 0.239 e. The minimum atomic E-state index is -2.40. The largest absolute Gasteiger partial charge is 0.508 e. The predicted molar refractivity (Wildman–Crippen MR) is 136 cm³/mol. The van der Waals surface area contributed by atoms with Gasteiger partial charge in [-0.05, 0) is 24.3 Å². The molecule has 1 fully saturated rings. The first-order valence-electron chi connectivity index (χ1n) is 12.3. The molecule has 0 radical (unpaired) electrons. The summed E-state index contributed by atoms with van der Waals surface area (Å²) in [6.07, 6.45) is -17.3. The SMILES string of the molecule is O=CC(O)C(O)C(O)C(O)Oc1c(-c2ccc(O)cc2)oc2cc(OC3OC(CO)C(O)C(O)C3O)cc(O)c2c1=O. The summed E-state index contributed by atoms with van der Waals surface area (Å²) in [5, 5.41) is 99.3. The van der Waals surface area contributed by atoms with Crippen molar-refractivity contribution in [3.05, 3.63) is 46.6 Å². The summed E-state index contributed by atoms with van der Waals surface area (Å²) < 4.78 is 21.8. The molecule has 1 aliphatic heterocycles. The van der Waals surface area contributed by atoms with E-state index >= 15 is 0 Å². The molecule has 4 rings (SSSR count). The van der Waals surface area contributed by atoms with E-state index in [4.69, 9.17) is 18.6 Å². The summed E-state index contributed by atoms with van der Waals surface area (Å²) in [5.41, 5.74) is -1.37. The third kappa shape index (κ3) is 6.02. The minimum absolute atomic E-state index is 0.0803. The van der Waals surface area contributed by atoms with Crippen molar-refractivity contribution < 1.29 is 74.5 Å². The Labute approximate surface area is 235 Å². The van der Waals surface area contributed by atoms with E-state index in [2.05, 4.69) is 0 Å². The van der Waals surface area contributed by atoms with E-state index in [1.807, 2.05) is 0 Å². The fourth-order valence-electron chi connectivity index (χ4n) is 4.18. The molecule has 0 bridgehead atoms. The van der Waals surface area contributed by atoms with Crippen LogP contribution in [-0.4, -0.2) is 119 Å². The Kier molecular flexibility index (Phi) is 9.31. The van der Waals surface area contributed by atoms with E-state index < -0.39 is 90.0 Å². The topological polar surface area (TPSA) is 277 Å². The van der Waals surface area contributed by atoms with Crippen LogP contribution in [-0.2, 0) is 9.53 Å². The molecule has 3 aromatic rings. The molecule has 2 heterocycles. The van der Waals surface area contributed by atoms with Gasteiger partial charge in [0, 0.05) is 17.7 Å². The molecule has 1 aliphatic rings. The molecule has 228 valence electrons. The highest BCUT2D eigenvalue weighted by Crippen LogP contribution is 2.37. The number of aldehydes is 1. The number of carbonyl (C=O) groups is 1. The summed E-state index contributed by atoms with van der Waals surface area (Å²) in [4.78, 5) is 24.2. The number of carbonyl (C=O) groups excluding carboxylic acids is 1. The van der Waals surface area contributed by atoms with Gasteiger partial charge >= 0.3 is 0 Å². The van der Waals surface area contributed by atoms with Crippen LogP contribution in [0.25, 0.3) is 22.3 Å². The van der Waals surface area contributed by atoms with Crippen molar-refractivity contribution in [3.8, 4) is 34.3 Å². The van der Waals surface area contributed by atoms with Crippen molar-refractivity contribution in [2.45, 2.75) is 55.3 Å². The molecule has 0 amide bonds. The number of phenolic OH excluding ortho intramolecular Hbond substituents is 2. The van der Waals surface area contributed by atoms with Gasteiger partial charge in [-0.25, -0.2) is 0 Å². The van der Waals surface area contributed by atoms with Crippen molar-refractivity contribution in [2.75, 3.05) is 6.61 Å². The molecule has 0 aliphatic carbocycles. The normalized spacial score (nSPS) is 25.4. The zero-order valence-corrected chi connectivity index (χ0v) is 21.4. The monoisotopic (exact) mass is 596 g/mol. The maximum atomic E-state index is 13.5. The fourth-order valence-corrected chi connectivity index (χ4v) is 4.18. The molecule has 9 atom stereocenters. The highest BCUT2D eigenvalue weighted by atomic mass is 16.7. The molecule has 2 aromatic carbocycles. The lowest BCUT2D eigenvalue weighted by atomic mass is 9.99. The number of ether oxygens (including phenoxy) is 3. The Morgan fingerprint density at radius 2 is 1.60 bits per heavy atom. The number of phenols is 2. The number of aromatic hydroxyl groups is 2. The van der Waals surface area contributed by atoms with Crippen LogP contribution in [0.1, 0.15) is 0 Å². The Morgan fingerprint density at radius 1 is 0.929 bits per heavy atom.